The second-order valence-electron chi connectivity index (χ2n) is 6.07. The molecule has 0 aliphatic carbocycles. The molecule has 0 bridgehead atoms. The van der Waals surface area contributed by atoms with E-state index in [2.05, 4.69) is 15.5 Å². The number of carbonyl (C=O) groups is 1. The standard InChI is InChI=1S/C21H15N3O3S2/c25-19(22-21-24-23-20(28-21)16-7-3-1-4-8-16)15-11-13-18(14-12-15)29(26,27)17-9-5-2-6-10-17/h1-14H,(H,22,24,25). The Morgan fingerprint density at radius 2 is 1.34 bits per heavy atom. The van der Waals surface area contributed by atoms with Gasteiger partial charge in [0, 0.05) is 11.1 Å². The summed E-state index contributed by atoms with van der Waals surface area (Å²) in [6, 6.07) is 23.5. The highest BCUT2D eigenvalue weighted by atomic mass is 32.2. The molecule has 0 aliphatic heterocycles. The summed E-state index contributed by atoms with van der Waals surface area (Å²) < 4.78 is 25.3. The maximum atomic E-state index is 12.6. The second kappa shape index (κ2) is 7.94. The van der Waals surface area contributed by atoms with Crippen molar-refractivity contribution in [1.29, 1.82) is 0 Å². The Morgan fingerprint density at radius 3 is 2.00 bits per heavy atom. The van der Waals surface area contributed by atoms with Crippen molar-refractivity contribution < 1.29 is 13.2 Å². The molecule has 4 rings (SSSR count). The van der Waals surface area contributed by atoms with Crippen molar-refractivity contribution in [3.05, 3.63) is 90.5 Å². The number of amides is 1. The van der Waals surface area contributed by atoms with E-state index >= 15 is 0 Å². The average Bonchev–Trinajstić information content (AvgIpc) is 3.23. The van der Waals surface area contributed by atoms with Gasteiger partial charge in [0.05, 0.1) is 9.79 Å². The van der Waals surface area contributed by atoms with Crippen molar-refractivity contribution in [1.82, 2.24) is 10.2 Å². The normalized spacial score (nSPS) is 11.2. The minimum atomic E-state index is -3.62. The maximum Gasteiger partial charge on any atom is 0.257 e. The molecular formula is C21H15N3O3S2. The third kappa shape index (κ3) is 4.08. The smallest absolute Gasteiger partial charge is 0.257 e. The van der Waals surface area contributed by atoms with E-state index in [0.29, 0.717) is 15.7 Å². The first-order chi connectivity index (χ1) is 14.0. The number of rotatable bonds is 5. The summed E-state index contributed by atoms with van der Waals surface area (Å²) >= 11 is 1.26. The molecule has 3 aromatic carbocycles. The molecule has 1 amide bonds. The van der Waals surface area contributed by atoms with E-state index in [1.165, 1.54) is 47.7 Å². The van der Waals surface area contributed by atoms with Crippen LogP contribution in [0.25, 0.3) is 10.6 Å². The topological polar surface area (TPSA) is 89.0 Å². The first-order valence-electron chi connectivity index (χ1n) is 8.64. The van der Waals surface area contributed by atoms with Gasteiger partial charge < -0.3 is 0 Å². The summed E-state index contributed by atoms with van der Waals surface area (Å²) in [5.74, 6) is -0.385. The van der Waals surface area contributed by atoms with Crippen LogP contribution in [0, 0.1) is 0 Å². The zero-order valence-electron chi connectivity index (χ0n) is 15.0. The van der Waals surface area contributed by atoms with Gasteiger partial charge in [-0.3, -0.25) is 10.1 Å². The van der Waals surface area contributed by atoms with Gasteiger partial charge in [0.2, 0.25) is 15.0 Å². The monoisotopic (exact) mass is 421 g/mol. The van der Waals surface area contributed by atoms with E-state index in [0.717, 1.165) is 5.56 Å². The number of carbonyl (C=O) groups excluding carboxylic acids is 1. The first kappa shape index (κ1) is 19.0. The summed E-state index contributed by atoms with van der Waals surface area (Å²) in [7, 11) is -3.62. The number of hydrogen-bond acceptors (Lipinski definition) is 6. The summed E-state index contributed by atoms with van der Waals surface area (Å²) in [5, 5.41) is 11.8. The molecular weight excluding hydrogens is 406 g/mol. The molecule has 0 saturated heterocycles. The van der Waals surface area contributed by atoms with E-state index in [9.17, 15) is 13.2 Å². The van der Waals surface area contributed by atoms with E-state index in [1.807, 2.05) is 30.3 Å². The fourth-order valence-electron chi connectivity index (χ4n) is 2.66. The van der Waals surface area contributed by atoms with Gasteiger partial charge in [-0.1, -0.05) is 59.9 Å². The zero-order chi connectivity index (χ0) is 20.3. The van der Waals surface area contributed by atoms with Gasteiger partial charge >= 0.3 is 0 Å². The Labute approximate surface area is 171 Å². The molecule has 0 radical (unpaired) electrons. The van der Waals surface area contributed by atoms with Crippen LogP contribution in [-0.4, -0.2) is 24.5 Å². The van der Waals surface area contributed by atoms with E-state index in [1.54, 1.807) is 18.2 Å². The predicted octanol–water partition coefficient (Wildman–Crippen LogP) is 4.29. The van der Waals surface area contributed by atoms with Crippen LogP contribution < -0.4 is 5.32 Å². The zero-order valence-corrected chi connectivity index (χ0v) is 16.7. The molecule has 0 unspecified atom stereocenters. The van der Waals surface area contributed by atoms with Crippen molar-refractivity contribution in [2.24, 2.45) is 0 Å². The van der Waals surface area contributed by atoms with Crippen LogP contribution >= 0.6 is 11.3 Å². The SMILES string of the molecule is O=C(Nc1nnc(-c2ccccc2)s1)c1ccc(S(=O)(=O)c2ccccc2)cc1. The Bertz CT molecular complexity index is 1240. The quantitative estimate of drug-likeness (QED) is 0.519. The van der Waals surface area contributed by atoms with Gasteiger partial charge in [0.1, 0.15) is 5.01 Å². The molecule has 144 valence electrons. The number of anilines is 1. The van der Waals surface area contributed by atoms with Crippen LogP contribution in [0.3, 0.4) is 0 Å². The summed E-state index contributed by atoms with van der Waals surface area (Å²) in [4.78, 5) is 12.8. The molecule has 4 aromatic rings. The Hall–Kier alpha value is -3.36. The van der Waals surface area contributed by atoms with Crippen LogP contribution in [0.1, 0.15) is 10.4 Å². The first-order valence-corrected chi connectivity index (χ1v) is 10.9. The van der Waals surface area contributed by atoms with Crippen molar-refractivity contribution in [2.75, 3.05) is 5.32 Å². The molecule has 0 fully saturated rings. The molecule has 1 N–H and O–H groups in total. The lowest BCUT2D eigenvalue weighted by atomic mass is 10.2. The highest BCUT2D eigenvalue weighted by molar-refractivity contribution is 7.91. The van der Waals surface area contributed by atoms with Gasteiger partial charge in [-0.15, -0.1) is 10.2 Å². The third-order valence-corrected chi connectivity index (χ3v) is 6.82. The average molecular weight is 422 g/mol. The summed E-state index contributed by atoms with van der Waals surface area (Å²) in [5.41, 5.74) is 1.24. The third-order valence-electron chi connectivity index (χ3n) is 4.15. The Balaban J connectivity index is 1.50. The van der Waals surface area contributed by atoms with Gasteiger partial charge in [-0.2, -0.15) is 0 Å². The summed E-state index contributed by atoms with van der Waals surface area (Å²) in [6.07, 6.45) is 0. The minimum absolute atomic E-state index is 0.127. The number of nitrogens with one attached hydrogen (secondary N) is 1. The fraction of sp³-hybridized carbons (Fsp3) is 0. The molecule has 1 heterocycles. The largest absolute Gasteiger partial charge is 0.296 e. The second-order valence-corrected chi connectivity index (χ2v) is 9.00. The van der Waals surface area contributed by atoms with Gasteiger partial charge in [-0.25, -0.2) is 8.42 Å². The molecule has 0 atom stereocenters. The molecule has 0 saturated carbocycles. The molecule has 29 heavy (non-hydrogen) atoms. The molecule has 6 nitrogen and oxygen atoms in total. The van der Waals surface area contributed by atoms with Crippen LogP contribution in [0.2, 0.25) is 0 Å². The molecule has 0 aliphatic rings. The molecule has 8 heteroatoms. The lowest BCUT2D eigenvalue weighted by Gasteiger charge is -2.06. The lowest BCUT2D eigenvalue weighted by molar-refractivity contribution is 0.102. The Kier molecular flexibility index (Phi) is 5.20. The number of sulfone groups is 1. The van der Waals surface area contributed by atoms with Crippen molar-refractivity contribution in [3.63, 3.8) is 0 Å². The van der Waals surface area contributed by atoms with E-state index < -0.39 is 9.84 Å². The maximum absolute atomic E-state index is 12.6. The number of nitrogens with zero attached hydrogens (tertiary/aromatic N) is 2. The number of benzene rings is 3. The molecule has 1 aromatic heterocycles. The summed E-state index contributed by atoms with van der Waals surface area (Å²) in [6.45, 7) is 0. The van der Waals surface area contributed by atoms with Crippen molar-refractivity contribution in [2.45, 2.75) is 9.79 Å². The van der Waals surface area contributed by atoms with Gasteiger partial charge in [-0.05, 0) is 36.4 Å². The van der Waals surface area contributed by atoms with E-state index in [-0.39, 0.29) is 15.7 Å². The van der Waals surface area contributed by atoms with Gasteiger partial charge in [0.15, 0.2) is 0 Å². The lowest BCUT2D eigenvalue weighted by Crippen LogP contribution is -2.12. The fourth-order valence-corrected chi connectivity index (χ4v) is 4.69. The minimum Gasteiger partial charge on any atom is -0.296 e. The van der Waals surface area contributed by atoms with Crippen molar-refractivity contribution >= 4 is 32.2 Å². The predicted molar refractivity (Wildman–Crippen MR) is 112 cm³/mol. The van der Waals surface area contributed by atoms with E-state index in [4.69, 9.17) is 0 Å². The Morgan fingerprint density at radius 1 is 0.759 bits per heavy atom. The highest BCUT2D eigenvalue weighted by Crippen LogP contribution is 2.26. The van der Waals surface area contributed by atoms with Crippen LogP contribution in [-0.2, 0) is 9.84 Å². The van der Waals surface area contributed by atoms with Crippen LogP contribution in [0.5, 0.6) is 0 Å². The van der Waals surface area contributed by atoms with Crippen molar-refractivity contribution in [3.8, 4) is 10.6 Å². The molecule has 0 spiro atoms. The van der Waals surface area contributed by atoms with Crippen LogP contribution in [0.15, 0.2) is 94.7 Å². The van der Waals surface area contributed by atoms with Gasteiger partial charge in [0.25, 0.3) is 5.91 Å². The number of hydrogen-bond donors (Lipinski definition) is 1. The highest BCUT2D eigenvalue weighted by Gasteiger charge is 2.18. The van der Waals surface area contributed by atoms with Crippen LogP contribution in [0.4, 0.5) is 5.13 Å². The number of aromatic nitrogens is 2.